The topological polar surface area (TPSA) is 90.0 Å². The van der Waals surface area contributed by atoms with Gasteiger partial charge in [-0.25, -0.2) is 9.69 Å². The summed E-state index contributed by atoms with van der Waals surface area (Å²) in [4.78, 5) is 52.0. The molecule has 0 radical (unpaired) electrons. The summed E-state index contributed by atoms with van der Waals surface area (Å²) >= 11 is 0. The Bertz CT molecular complexity index is 1230. The lowest BCUT2D eigenvalue weighted by molar-refractivity contribution is 0.0318. The summed E-state index contributed by atoms with van der Waals surface area (Å²) in [5, 5.41) is 0. The summed E-state index contributed by atoms with van der Waals surface area (Å²) in [6.45, 7) is 3.85. The van der Waals surface area contributed by atoms with Gasteiger partial charge in [-0.3, -0.25) is 14.4 Å². The molecule has 33 heavy (non-hydrogen) atoms. The van der Waals surface area contributed by atoms with Crippen LogP contribution in [0.25, 0.3) is 0 Å². The number of hydrogen-bond acceptors (Lipinski definition) is 6. The van der Waals surface area contributed by atoms with E-state index in [0.29, 0.717) is 23.6 Å². The lowest BCUT2D eigenvalue weighted by atomic mass is 10.1. The molecule has 3 aromatic carbocycles. The fourth-order valence-electron chi connectivity index (χ4n) is 3.58. The van der Waals surface area contributed by atoms with Gasteiger partial charge < -0.3 is 9.47 Å². The van der Waals surface area contributed by atoms with Crippen LogP contribution in [0.3, 0.4) is 0 Å². The summed E-state index contributed by atoms with van der Waals surface area (Å²) < 4.78 is 10.7. The van der Waals surface area contributed by atoms with Crippen molar-refractivity contribution in [3.8, 4) is 5.75 Å². The number of ether oxygens (including phenoxy) is 2. The Hall–Kier alpha value is -4.26. The van der Waals surface area contributed by atoms with Gasteiger partial charge >= 0.3 is 5.97 Å². The number of imide groups is 1. The van der Waals surface area contributed by atoms with Crippen molar-refractivity contribution in [2.24, 2.45) is 0 Å². The van der Waals surface area contributed by atoms with Crippen LogP contribution < -0.4 is 9.64 Å². The molecule has 0 aliphatic carbocycles. The van der Waals surface area contributed by atoms with E-state index in [0.717, 1.165) is 4.90 Å². The van der Waals surface area contributed by atoms with Crippen LogP contribution in [0.15, 0.2) is 72.8 Å². The van der Waals surface area contributed by atoms with Crippen molar-refractivity contribution in [2.75, 3.05) is 11.5 Å². The van der Waals surface area contributed by atoms with Gasteiger partial charge in [0.15, 0.2) is 6.10 Å². The van der Waals surface area contributed by atoms with Gasteiger partial charge in [-0.05, 0) is 56.3 Å². The quantitative estimate of drug-likeness (QED) is 0.307. The van der Waals surface area contributed by atoms with Crippen LogP contribution in [0.2, 0.25) is 0 Å². The number of carbonyl (C=O) groups is 4. The molecule has 1 heterocycles. The van der Waals surface area contributed by atoms with Crippen LogP contribution in [0, 0.1) is 0 Å². The van der Waals surface area contributed by atoms with Gasteiger partial charge in [0.05, 0.1) is 29.0 Å². The molecular formula is C26H21NO6. The standard InChI is InChI=1S/C26H21NO6/c1-3-32-20-12-10-19(11-13-20)27-24(29)21-14-9-18(15-22(21)25(27)30)26(31)33-16(2)23(28)17-7-5-4-6-8-17/h4-16H,3H2,1-2H3/t16-/m0/s1. The SMILES string of the molecule is CCOc1ccc(N2C(=O)c3ccc(C(=O)O[C@@H](C)C(=O)c4ccccc4)cc3C2=O)cc1. The Morgan fingerprint density at radius 1 is 0.848 bits per heavy atom. The molecule has 0 bridgehead atoms. The van der Waals surface area contributed by atoms with Gasteiger partial charge in [-0.2, -0.15) is 0 Å². The maximum atomic E-state index is 13.0. The third-order valence-corrected chi connectivity index (χ3v) is 5.24. The second-order valence-electron chi connectivity index (χ2n) is 7.41. The van der Waals surface area contributed by atoms with Crippen molar-refractivity contribution in [3.05, 3.63) is 95.1 Å². The molecule has 3 aromatic rings. The number of ketones is 1. The molecule has 0 fully saturated rings. The van der Waals surface area contributed by atoms with E-state index >= 15 is 0 Å². The monoisotopic (exact) mass is 443 g/mol. The minimum Gasteiger partial charge on any atom is -0.494 e. The highest BCUT2D eigenvalue weighted by Gasteiger charge is 2.37. The largest absolute Gasteiger partial charge is 0.494 e. The number of amides is 2. The van der Waals surface area contributed by atoms with E-state index in [1.807, 2.05) is 6.92 Å². The van der Waals surface area contributed by atoms with Gasteiger partial charge in [-0.1, -0.05) is 30.3 Å². The molecule has 0 unspecified atom stereocenters. The molecule has 0 saturated heterocycles. The van der Waals surface area contributed by atoms with Crippen molar-refractivity contribution in [2.45, 2.75) is 20.0 Å². The maximum Gasteiger partial charge on any atom is 0.338 e. The first-order chi connectivity index (χ1) is 15.9. The molecule has 4 rings (SSSR count). The molecule has 166 valence electrons. The van der Waals surface area contributed by atoms with Crippen molar-refractivity contribution in [1.82, 2.24) is 0 Å². The van der Waals surface area contributed by atoms with E-state index in [2.05, 4.69) is 0 Å². The van der Waals surface area contributed by atoms with Crippen molar-refractivity contribution >= 4 is 29.3 Å². The molecule has 2 amide bonds. The Balaban J connectivity index is 1.52. The Labute approximate surface area is 190 Å². The van der Waals surface area contributed by atoms with Crippen LogP contribution in [0.1, 0.15) is 55.3 Å². The zero-order valence-electron chi connectivity index (χ0n) is 18.1. The number of esters is 1. The van der Waals surface area contributed by atoms with E-state index in [4.69, 9.17) is 9.47 Å². The highest BCUT2D eigenvalue weighted by molar-refractivity contribution is 6.34. The predicted molar refractivity (Wildman–Crippen MR) is 121 cm³/mol. The Morgan fingerprint density at radius 2 is 1.52 bits per heavy atom. The minimum absolute atomic E-state index is 0.0798. The molecule has 0 spiro atoms. The van der Waals surface area contributed by atoms with Crippen molar-refractivity contribution < 1.29 is 28.7 Å². The van der Waals surface area contributed by atoms with E-state index in [9.17, 15) is 19.2 Å². The molecule has 0 aromatic heterocycles. The number of rotatable bonds is 7. The molecule has 7 nitrogen and oxygen atoms in total. The number of hydrogen-bond donors (Lipinski definition) is 0. The number of anilines is 1. The van der Waals surface area contributed by atoms with Crippen LogP contribution in [-0.2, 0) is 4.74 Å². The summed E-state index contributed by atoms with van der Waals surface area (Å²) in [6, 6.07) is 19.3. The second-order valence-corrected chi connectivity index (χ2v) is 7.41. The average molecular weight is 443 g/mol. The summed E-state index contributed by atoms with van der Waals surface area (Å²) in [5.74, 6) is -1.48. The highest BCUT2D eigenvalue weighted by atomic mass is 16.5. The highest BCUT2D eigenvalue weighted by Crippen LogP contribution is 2.30. The van der Waals surface area contributed by atoms with Crippen molar-refractivity contribution in [1.29, 1.82) is 0 Å². The minimum atomic E-state index is -1.01. The zero-order valence-corrected chi connectivity index (χ0v) is 18.1. The van der Waals surface area contributed by atoms with E-state index in [1.54, 1.807) is 54.6 Å². The lowest BCUT2D eigenvalue weighted by Gasteiger charge is -2.14. The Kier molecular flexibility index (Phi) is 6.04. The molecule has 1 aliphatic heterocycles. The molecule has 7 heteroatoms. The van der Waals surface area contributed by atoms with Crippen LogP contribution in [-0.4, -0.2) is 36.3 Å². The maximum absolute atomic E-state index is 13.0. The third kappa shape index (κ3) is 4.25. The summed E-state index contributed by atoms with van der Waals surface area (Å²) in [6.07, 6.45) is -1.01. The van der Waals surface area contributed by atoms with Crippen LogP contribution in [0.4, 0.5) is 5.69 Å². The van der Waals surface area contributed by atoms with Gasteiger partial charge in [-0.15, -0.1) is 0 Å². The average Bonchev–Trinajstić information content (AvgIpc) is 3.09. The predicted octanol–water partition coefficient (Wildman–Crippen LogP) is 4.31. The number of nitrogens with zero attached hydrogens (tertiary/aromatic N) is 1. The van der Waals surface area contributed by atoms with E-state index < -0.39 is 23.9 Å². The normalized spacial score (nSPS) is 13.5. The number of carbonyl (C=O) groups excluding carboxylic acids is 4. The number of benzene rings is 3. The van der Waals surface area contributed by atoms with E-state index in [-0.39, 0.29) is 22.5 Å². The fourth-order valence-corrected chi connectivity index (χ4v) is 3.58. The van der Waals surface area contributed by atoms with Gasteiger partial charge in [0.25, 0.3) is 11.8 Å². The first-order valence-corrected chi connectivity index (χ1v) is 10.5. The summed E-state index contributed by atoms with van der Waals surface area (Å²) in [5.41, 5.74) is 1.20. The van der Waals surface area contributed by atoms with Gasteiger partial charge in [0, 0.05) is 5.56 Å². The van der Waals surface area contributed by atoms with E-state index in [1.165, 1.54) is 25.1 Å². The van der Waals surface area contributed by atoms with Crippen LogP contribution in [0.5, 0.6) is 5.75 Å². The third-order valence-electron chi connectivity index (χ3n) is 5.24. The molecule has 0 N–H and O–H groups in total. The first kappa shape index (κ1) is 22.0. The molecule has 1 atom stereocenters. The number of Topliss-reactive ketones (excluding diaryl/α,β-unsaturated/α-hetero) is 1. The van der Waals surface area contributed by atoms with Crippen LogP contribution >= 0.6 is 0 Å². The van der Waals surface area contributed by atoms with Gasteiger partial charge in [0.2, 0.25) is 5.78 Å². The second kappa shape index (κ2) is 9.08. The molecule has 1 aliphatic rings. The number of fused-ring (bicyclic) bond motifs is 1. The van der Waals surface area contributed by atoms with Crippen molar-refractivity contribution in [3.63, 3.8) is 0 Å². The zero-order chi connectivity index (χ0) is 23.5. The van der Waals surface area contributed by atoms with Gasteiger partial charge in [0.1, 0.15) is 5.75 Å². The smallest absolute Gasteiger partial charge is 0.338 e. The Morgan fingerprint density at radius 3 is 2.18 bits per heavy atom. The first-order valence-electron chi connectivity index (χ1n) is 10.5. The molecular weight excluding hydrogens is 422 g/mol. The molecule has 0 saturated carbocycles. The lowest BCUT2D eigenvalue weighted by Crippen LogP contribution is -2.29. The fraction of sp³-hybridized carbons (Fsp3) is 0.154. The summed E-state index contributed by atoms with van der Waals surface area (Å²) in [7, 11) is 0.